The number of carbonyl (C=O) groups is 2. The highest BCUT2D eigenvalue weighted by Gasteiger charge is 2.39. The molecule has 3 aliphatic rings. The van der Waals surface area contributed by atoms with Gasteiger partial charge in [-0.05, 0) is 328 Å². The minimum absolute atomic E-state index is 0.0664. The highest BCUT2D eigenvalue weighted by Crippen LogP contribution is 2.61. The summed E-state index contributed by atoms with van der Waals surface area (Å²) >= 11 is 3.62. The van der Waals surface area contributed by atoms with Gasteiger partial charge in [0.15, 0.2) is 0 Å². The van der Waals surface area contributed by atoms with Crippen LogP contribution < -0.4 is 33.6 Å². The molecule has 0 fully saturated rings. The van der Waals surface area contributed by atoms with E-state index in [4.69, 9.17) is 23.7 Å². The van der Waals surface area contributed by atoms with E-state index in [0.29, 0.717) is 67.5 Å². The summed E-state index contributed by atoms with van der Waals surface area (Å²) in [5.74, 6) is 3.13. The Morgan fingerprint density at radius 2 is 0.521 bits per heavy atom. The highest BCUT2D eigenvalue weighted by atomic mass is 32.2. The topological polar surface area (TPSA) is 90.0 Å². The molecule has 0 bridgehead atoms. The van der Waals surface area contributed by atoms with Crippen LogP contribution in [-0.4, -0.2) is 11.9 Å². The molecule has 0 saturated carbocycles. The van der Waals surface area contributed by atoms with E-state index >= 15 is 0 Å². The zero-order valence-corrected chi connectivity index (χ0v) is 86.6. The largest absolute Gasteiger partial charge is 0.457 e. The molecule has 0 aliphatic carbocycles. The lowest BCUT2D eigenvalue weighted by Crippen LogP contribution is -2.24. The molecule has 10 nitrogen and oxygen atoms in total. The van der Waals surface area contributed by atoms with Crippen molar-refractivity contribution in [2.45, 2.75) is 205 Å². The second-order valence-electron chi connectivity index (χ2n) is 46.9. The number of hydrogen-bond donors (Lipinski definition) is 0. The molecule has 0 unspecified atom stereocenters. The summed E-state index contributed by atoms with van der Waals surface area (Å²) < 4.78 is 36.2. The van der Waals surface area contributed by atoms with E-state index in [0.717, 1.165) is 142 Å². The van der Waals surface area contributed by atoms with Gasteiger partial charge in [0, 0.05) is 85.7 Å². The van der Waals surface area contributed by atoms with E-state index in [1.54, 1.807) is 12.1 Å². The van der Waals surface area contributed by atoms with Crippen molar-refractivity contribution >= 4 is 162 Å². The monoisotopic (exact) mass is 1900 g/mol. The number of para-hydroxylation sites is 4. The summed E-state index contributed by atoms with van der Waals surface area (Å²) in [6.07, 6.45) is 3.86. The predicted octanol–water partition coefficient (Wildman–Crippen LogP) is 39.0. The van der Waals surface area contributed by atoms with Crippen molar-refractivity contribution < 1.29 is 33.3 Å². The highest BCUT2D eigenvalue weighted by molar-refractivity contribution is 8.00. The lowest BCUT2D eigenvalue weighted by atomic mass is 9.72. The van der Waals surface area contributed by atoms with Crippen LogP contribution in [0.5, 0.6) is 46.0 Å². The van der Waals surface area contributed by atoms with Gasteiger partial charge in [-0.2, -0.15) is 0 Å². The second kappa shape index (κ2) is 34.4. The summed E-state index contributed by atoms with van der Waals surface area (Å²) in [5, 5.41) is 11.6. The van der Waals surface area contributed by atoms with Gasteiger partial charge in [0.25, 0.3) is 0 Å². The number of anilines is 9. The Balaban J connectivity index is 0.785. The Hall–Kier alpha value is -14.0. The fraction of sp³-hybridized carbons (Fsp3) is 0.246. The zero-order valence-electron chi connectivity index (χ0n) is 84.9. The van der Waals surface area contributed by atoms with Crippen LogP contribution in [0.4, 0.5) is 51.2 Å². The average Bonchev–Trinajstić information content (AvgIpc) is 0.671. The summed E-state index contributed by atoms with van der Waals surface area (Å²) in [7, 11) is 0. The quantitative estimate of drug-likeness (QED) is 0.0280. The third kappa shape index (κ3) is 17.1. The molecule has 0 spiro atoms. The number of benzene rings is 19. The molecule has 0 amide bonds. The molecule has 142 heavy (non-hydrogen) atoms. The molecule has 3 heterocycles. The minimum Gasteiger partial charge on any atom is -0.457 e. The summed E-state index contributed by atoms with van der Waals surface area (Å²) in [5.41, 5.74) is 16.4. The maximum atomic E-state index is 14.9. The van der Waals surface area contributed by atoms with E-state index in [2.05, 4.69) is 438 Å². The van der Waals surface area contributed by atoms with Crippen molar-refractivity contribution in [1.29, 1.82) is 0 Å². The van der Waals surface area contributed by atoms with Crippen LogP contribution in [0.15, 0.2) is 341 Å². The van der Waals surface area contributed by atoms with Crippen LogP contribution >= 0.6 is 23.5 Å². The van der Waals surface area contributed by atoms with Gasteiger partial charge in [0.1, 0.15) is 46.0 Å². The summed E-state index contributed by atoms with van der Waals surface area (Å²) in [4.78, 5) is 41.8. The number of cyclic esters (lactones) is 2. The van der Waals surface area contributed by atoms with Gasteiger partial charge in [0.05, 0.1) is 33.9 Å². The smallest absolute Gasteiger partial charge is 0.346 e. The third-order valence-electron chi connectivity index (χ3n) is 28.8. The average molecular weight is 1900 g/mol. The van der Waals surface area contributed by atoms with Crippen molar-refractivity contribution in [2.24, 2.45) is 21.7 Å². The molecule has 12 heteroatoms. The fourth-order valence-corrected chi connectivity index (χ4v) is 26.5. The first kappa shape index (κ1) is 93.0. The van der Waals surface area contributed by atoms with E-state index in [-0.39, 0.29) is 54.4 Å². The number of esters is 2. The molecule has 19 aromatic carbocycles. The fourth-order valence-electron chi connectivity index (χ4n) is 24.4. The molecule has 0 saturated heterocycles. The van der Waals surface area contributed by atoms with Gasteiger partial charge < -0.3 is 38.4 Å². The predicted molar refractivity (Wildman–Crippen MR) is 593 cm³/mol. The van der Waals surface area contributed by atoms with Gasteiger partial charge >= 0.3 is 11.9 Å². The van der Waals surface area contributed by atoms with Crippen LogP contribution in [0, 0.1) is 21.7 Å². The van der Waals surface area contributed by atoms with Crippen molar-refractivity contribution in [2.75, 3.05) is 14.7 Å². The number of ether oxygens (including phenoxy) is 5. The van der Waals surface area contributed by atoms with Gasteiger partial charge in [-0.3, -0.25) is 0 Å². The Kier molecular flexibility index (Phi) is 22.5. The molecule has 22 rings (SSSR count). The van der Waals surface area contributed by atoms with Crippen molar-refractivity contribution in [1.82, 2.24) is 0 Å². The minimum atomic E-state index is -0.758. The van der Waals surface area contributed by atoms with Gasteiger partial charge in [-0.25, -0.2) is 9.59 Å². The molecule has 0 atom stereocenters. The number of carbonyl (C=O) groups excluding carboxylic acids is 2. The molecule has 19 aromatic rings. The molecular formula is C130H121N3O7S2. The summed E-state index contributed by atoms with van der Waals surface area (Å²) in [6.45, 7) is 46.1. The number of nitrogens with zero attached hydrogens (tertiary/aromatic N) is 3. The molecule has 3 aliphatic heterocycles. The second-order valence-corrected chi connectivity index (χ2v) is 49.1. The Bertz CT molecular complexity index is 7790. The van der Waals surface area contributed by atoms with Crippen molar-refractivity contribution in [3.05, 3.63) is 355 Å². The standard InChI is InChI=1S/C130H121N3O7S2/c1-123(2,3)74-127(13,14)79-39-57-88(58-40-79)136-104-70-69-92-97(78-37-47-83(48-38-78)131(84-49-53-86(54-50-84)132-100-29-21-25-33-108(100)141-109-34-26-22-30-101(109)132)85-51-55-87(56-52-85)133-102-31-23-27-35-110(102)142-111-36-28-24-32-103(111)133)71-105(137-89-59-41-80(42-60-89)128(15,16)75-124(4,5)6)116-94-66-68-96-113-95(67-65-93(112(94)113)115(104)119(92)116)117-106(138-90-61-43-81(44-62-90)129(17,18)76-125(7,8)9)72-98-114-99(122(135)140-121(98)134)73-107(118(96)120(114)117)139-91-63-45-82(46-64-91)130(19,20)77-126(10,11)12/h21-73H,74-77H2,1-20H3. The maximum Gasteiger partial charge on any atom is 0.346 e. The number of fused-ring (bicyclic) bond motifs is 8. The first-order chi connectivity index (χ1) is 67.6. The third-order valence-corrected chi connectivity index (χ3v) is 31.1. The molecule has 710 valence electrons. The SMILES string of the molecule is CC(C)(C)CC(C)(C)c1ccc(Oc2ccc3c(-c4ccc(N(c5ccc(N6c7ccccc7Sc7ccccc76)cc5)c5ccc(N6c7ccccc7Sc7ccccc76)cc5)cc4)cc(Oc4ccc(C(C)(C)CC(C)(C)C)cc4)c4c5ccc6c7c(Oc8ccc(C(C)(C)CC(C)(C)C)cc8)cc8c9c(cc(Oc%10ccc(C(C)(C)CC(C)(C)C)cc%10)c(c%10ccc(c2c34)c5c%106)c97)C(=O)OC8=O)cc1. The lowest BCUT2D eigenvalue weighted by Gasteiger charge is -2.34. The van der Waals surface area contributed by atoms with Gasteiger partial charge in [-0.15, -0.1) is 0 Å². The van der Waals surface area contributed by atoms with Crippen LogP contribution in [0.1, 0.15) is 207 Å². The Morgan fingerprint density at radius 3 is 0.831 bits per heavy atom. The van der Waals surface area contributed by atoms with Crippen LogP contribution in [0.3, 0.4) is 0 Å². The number of rotatable bonds is 22. The molecule has 0 radical (unpaired) electrons. The molecule has 0 N–H and O–H groups in total. The van der Waals surface area contributed by atoms with Gasteiger partial charge in [-0.1, -0.05) is 295 Å². The van der Waals surface area contributed by atoms with Crippen molar-refractivity contribution in [3.8, 4) is 57.1 Å². The lowest BCUT2D eigenvalue weighted by molar-refractivity contribution is 0.0390. The van der Waals surface area contributed by atoms with Crippen LogP contribution in [-0.2, 0) is 26.4 Å². The molecule has 0 aromatic heterocycles. The molecular weight excluding hydrogens is 1780 g/mol. The Labute approximate surface area is 843 Å². The maximum absolute atomic E-state index is 14.9. The first-order valence-electron chi connectivity index (χ1n) is 49.9. The van der Waals surface area contributed by atoms with E-state index in [1.165, 1.54) is 41.8 Å². The zero-order chi connectivity index (χ0) is 99.0. The van der Waals surface area contributed by atoms with E-state index < -0.39 is 11.9 Å². The van der Waals surface area contributed by atoms with Crippen molar-refractivity contribution in [3.63, 3.8) is 0 Å². The summed E-state index contributed by atoms with van der Waals surface area (Å²) in [6, 6.07) is 115. The van der Waals surface area contributed by atoms with E-state index in [9.17, 15) is 9.59 Å². The normalized spacial score (nSPS) is 13.7. The first-order valence-corrected chi connectivity index (χ1v) is 51.5. The van der Waals surface area contributed by atoms with Crippen LogP contribution in [0.2, 0.25) is 0 Å². The van der Waals surface area contributed by atoms with Crippen LogP contribution in [0.25, 0.3) is 86.5 Å². The Morgan fingerprint density at radius 1 is 0.254 bits per heavy atom. The van der Waals surface area contributed by atoms with Gasteiger partial charge in [0.2, 0.25) is 0 Å². The number of hydrogen-bond acceptors (Lipinski definition) is 12. The van der Waals surface area contributed by atoms with E-state index in [1.807, 2.05) is 47.8 Å².